The van der Waals surface area contributed by atoms with Crippen molar-refractivity contribution in [3.63, 3.8) is 0 Å². The van der Waals surface area contributed by atoms with Crippen molar-refractivity contribution in [3.8, 4) is 0 Å². The lowest BCUT2D eigenvalue weighted by Gasteiger charge is -2.62. The Hall–Kier alpha value is -0.0800. The second-order valence-electron chi connectivity index (χ2n) is 9.01. The quantitative estimate of drug-likeness (QED) is 0.738. The maximum Gasteiger partial charge on any atom is 0.00989 e. The fraction of sp³-hybridized carbons (Fsp3) is 1.00. The van der Waals surface area contributed by atoms with E-state index in [-0.39, 0.29) is 0 Å². The van der Waals surface area contributed by atoms with E-state index in [4.69, 9.17) is 0 Å². The lowest BCUT2D eigenvalue weighted by molar-refractivity contribution is -0.114. The average molecular weight is 307 g/mol. The minimum absolute atomic E-state index is 0.620. The van der Waals surface area contributed by atoms with Gasteiger partial charge in [0.05, 0.1) is 0 Å². The van der Waals surface area contributed by atoms with Crippen LogP contribution in [-0.4, -0.2) is 25.2 Å². The summed E-state index contributed by atoms with van der Waals surface area (Å²) in [6.07, 6.45) is 12.9. The molecule has 0 aromatic heterocycles. The van der Waals surface area contributed by atoms with Crippen molar-refractivity contribution in [2.45, 2.75) is 90.6 Å². The predicted molar refractivity (Wildman–Crippen MR) is 95.1 cm³/mol. The maximum absolute atomic E-state index is 3.88. The Kier molecular flexibility index (Phi) is 5.50. The van der Waals surface area contributed by atoms with E-state index in [1.54, 1.807) is 0 Å². The minimum Gasteiger partial charge on any atom is -0.313 e. The van der Waals surface area contributed by atoms with E-state index in [0.29, 0.717) is 5.41 Å². The Morgan fingerprint density at radius 2 is 1.50 bits per heavy atom. The zero-order valence-corrected chi connectivity index (χ0v) is 15.2. The summed E-state index contributed by atoms with van der Waals surface area (Å²) in [7, 11) is 0. The number of hydrogen-bond donors (Lipinski definition) is 2. The first kappa shape index (κ1) is 16.8. The monoisotopic (exact) mass is 306 g/mol. The molecule has 2 bridgehead atoms. The van der Waals surface area contributed by atoms with Crippen molar-refractivity contribution in [2.75, 3.05) is 13.1 Å². The topological polar surface area (TPSA) is 24.1 Å². The zero-order chi connectivity index (χ0) is 15.6. The summed E-state index contributed by atoms with van der Waals surface area (Å²) in [6.45, 7) is 9.79. The molecule has 2 N–H and O–H groups in total. The summed E-state index contributed by atoms with van der Waals surface area (Å²) >= 11 is 0. The lowest BCUT2D eigenvalue weighted by atomic mass is 9.45. The Morgan fingerprint density at radius 1 is 0.864 bits per heavy atom. The second-order valence-corrected chi connectivity index (χ2v) is 9.01. The van der Waals surface area contributed by atoms with Crippen molar-refractivity contribution in [3.05, 3.63) is 0 Å². The van der Waals surface area contributed by atoms with Gasteiger partial charge in [-0.25, -0.2) is 0 Å². The van der Waals surface area contributed by atoms with Crippen LogP contribution in [0.3, 0.4) is 0 Å². The van der Waals surface area contributed by atoms with Gasteiger partial charge in [-0.15, -0.1) is 0 Å². The van der Waals surface area contributed by atoms with Gasteiger partial charge >= 0.3 is 0 Å². The SMILES string of the molecule is C[C@@H]1C2C[C@@H](C[C@H]1NCCNC1CCCCCCC1)C2(C)C. The van der Waals surface area contributed by atoms with Gasteiger partial charge in [0, 0.05) is 25.2 Å². The largest absolute Gasteiger partial charge is 0.313 e. The summed E-state index contributed by atoms with van der Waals surface area (Å²) < 4.78 is 0. The molecule has 0 heterocycles. The predicted octanol–water partition coefficient (Wildman–Crippen LogP) is 4.35. The van der Waals surface area contributed by atoms with Crippen LogP contribution in [0, 0.1) is 23.2 Å². The molecule has 4 rings (SSSR count). The lowest BCUT2D eigenvalue weighted by Crippen LogP contribution is -2.60. The van der Waals surface area contributed by atoms with Crippen LogP contribution >= 0.6 is 0 Å². The number of nitrogens with one attached hydrogen (secondary N) is 2. The molecule has 2 nitrogen and oxygen atoms in total. The number of fused-ring (bicyclic) bond motifs is 2. The highest BCUT2D eigenvalue weighted by molar-refractivity contribution is 5.06. The molecule has 0 spiro atoms. The molecular formula is C20H38N2. The van der Waals surface area contributed by atoms with Crippen LogP contribution in [0.1, 0.15) is 78.6 Å². The Bertz CT molecular complexity index is 344. The number of hydrogen-bond acceptors (Lipinski definition) is 2. The van der Waals surface area contributed by atoms with Crippen LogP contribution in [0.5, 0.6) is 0 Å². The Labute approximate surface area is 138 Å². The van der Waals surface area contributed by atoms with E-state index in [0.717, 1.165) is 42.9 Å². The first-order chi connectivity index (χ1) is 10.6. The van der Waals surface area contributed by atoms with Gasteiger partial charge in [0.1, 0.15) is 0 Å². The first-order valence-electron chi connectivity index (χ1n) is 10.1. The van der Waals surface area contributed by atoms with Crippen LogP contribution in [-0.2, 0) is 0 Å². The molecule has 2 heteroatoms. The number of rotatable bonds is 5. The molecule has 128 valence electrons. The summed E-state index contributed by atoms with van der Waals surface area (Å²) in [5.41, 5.74) is 0.620. The molecule has 4 atom stereocenters. The Morgan fingerprint density at radius 3 is 2.14 bits per heavy atom. The third kappa shape index (κ3) is 3.53. The van der Waals surface area contributed by atoms with Crippen LogP contribution in [0.25, 0.3) is 0 Å². The first-order valence-corrected chi connectivity index (χ1v) is 10.1. The normalized spacial score (nSPS) is 38.9. The smallest absolute Gasteiger partial charge is 0.00989 e. The third-order valence-electron chi connectivity index (χ3n) is 7.42. The molecule has 0 aromatic rings. The maximum atomic E-state index is 3.88. The van der Waals surface area contributed by atoms with Gasteiger partial charge in [-0.1, -0.05) is 52.9 Å². The van der Waals surface area contributed by atoms with E-state index in [9.17, 15) is 0 Å². The summed E-state index contributed by atoms with van der Waals surface area (Å²) in [6, 6.07) is 1.56. The molecule has 4 fully saturated rings. The van der Waals surface area contributed by atoms with Gasteiger partial charge in [-0.3, -0.25) is 0 Å². The van der Waals surface area contributed by atoms with Gasteiger partial charge in [0.2, 0.25) is 0 Å². The van der Waals surface area contributed by atoms with Gasteiger partial charge in [0.25, 0.3) is 0 Å². The van der Waals surface area contributed by atoms with E-state index in [1.807, 2.05) is 0 Å². The van der Waals surface area contributed by atoms with E-state index < -0.39 is 0 Å². The average Bonchev–Trinajstić information content (AvgIpc) is 2.46. The molecule has 0 aliphatic heterocycles. The van der Waals surface area contributed by atoms with Gasteiger partial charge in [-0.05, 0) is 48.9 Å². The molecule has 4 saturated carbocycles. The van der Waals surface area contributed by atoms with Crippen LogP contribution < -0.4 is 10.6 Å². The second kappa shape index (κ2) is 7.21. The van der Waals surface area contributed by atoms with Crippen molar-refractivity contribution in [1.29, 1.82) is 0 Å². The van der Waals surface area contributed by atoms with Crippen LogP contribution in [0.4, 0.5) is 0 Å². The van der Waals surface area contributed by atoms with Gasteiger partial charge in [0.15, 0.2) is 0 Å². The van der Waals surface area contributed by atoms with E-state index in [2.05, 4.69) is 31.4 Å². The fourth-order valence-electron chi connectivity index (χ4n) is 5.61. The molecule has 22 heavy (non-hydrogen) atoms. The summed E-state index contributed by atoms with van der Waals surface area (Å²) in [5, 5.41) is 7.69. The van der Waals surface area contributed by atoms with Crippen LogP contribution in [0.15, 0.2) is 0 Å². The zero-order valence-electron chi connectivity index (χ0n) is 15.2. The minimum atomic E-state index is 0.620. The highest BCUT2D eigenvalue weighted by Crippen LogP contribution is 2.61. The van der Waals surface area contributed by atoms with Crippen molar-refractivity contribution >= 4 is 0 Å². The molecule has 0 aromatic carbocycles. The molecule has 4 aliphatic carbocycles. The molecular weight excluding hydrogens is 268 g/mol. The third-order valence-corrected chi connectivity index (χ3v) is 7.42. The van der Waals surface area contributed by atoms with Crippen LogP contribution in [0.2, 0.25) is 0 Å². The standard InChI is InChI=1S/C20H38N2/c1-15-18-13-16(20(18,2)3)14-19(15)22-12-11-21-17-9-7-5-4-6-8-10-17/h15-19,21-22H,4-14H2,1-3H3/t15-,16+,18?,19-/m1/s1. The fourth-order valence-corrected chi connectivity index (χ4v) is 5.61. The van der Waals surface area contributed by atoms with Gasteiger partial charge in [-0.2, -0.15) is 0 Å². The molecule has 0 amide bonds. The van der Waals surface area contributed by atoms with Crippen molar-refractivity contribution in [2.24, 2.45) is 23.2 Å². The molecule has 0 radical (unpaired) electrons. The van der Waals surface area contributed by atoms with Gasteiger partial charge < -0.3 is 10.6 Å². The molecule has 1 unspecified atom stereocenters. The highest BCUT2D eigenvalue weighted by atomic mass is 15.0. The van der Waals surface area contributed by atoms with Crippen molar-refractivity contribution in [1.82, 2.24) is 10.6 Å². The molecule has 4 aliphatic rings. The summed E-state index contributed by atoms with van der Waals surface area (Å²) in [5.74, 6) is 2.80. The highest BCUT2D eigenvalue weighted by Gasteiger charge is 2.55. The molecule has 0 saturated heterocycles. The van der Waals surface area contributed by atoms with E-state index in [1.165, 1.54) is 57.8 Å². The Balaban J connectivity index is 1.34. The summed E-state index contributed by atoms with van der Waals surface area (Å²) in [4.78, 5) is 0. The van der Waals surface area contributed by atoms with Crippen molar-refractivity contribution < 1.29 is 0 Å². The van der Waals surface area contributed by atoms with E-state index >= 15 is 0 Å².